The van der Waals surface area contributed by atoms with Crippen LogP contribution in [-0.4, -0.2) is 69.3 Å². The summed E-state index contributed by atoms with van der Waals surface area (Å²) in [6, 6.07) is 0. The van der Waals surface area contributed by atoms with Gasteiger partial charge >= 0.3 is 37.3 Å². The number of hydrogen-bond acceptors (Lipinski definition) is 1. The molecule has 0 aromatic heterocycles. The second kappa shape index (κ2) is 38.3. The van der Waals surface area contributed by atoms with Crippen LogP contribution in [0.4, 0.5) is 101 Å². The predicted octanol–water partition coefficient (Wildman–Crippen LogP) is 17.9. The van der Waals surface area contributed by atoms with Gasteiger partial charge in [-0.25, -0.2) is 13.2 Å². The Labute approximate surface area is 327 Å². The SMILES string of the molecule is CC(C(F)(F)F)C(F)(F)F.CC(C)(C)C.CCC(F)(F)F.CCC1CO1.CCCC(F)(F)F.CCCC(F)C(F)(F)F.CCCC(F)F.CCCCF.FC(F)(F)F. The van der Waals surface area contributed by atoms with E-state index < -0.39 is 75.1 Å². The molecule has 1 rings (SSSR count). The van der Waals surface area contributed by atoms with Crippen LogP contribution in [0.5, 0.6) is 0 Å². The number of ether oxygens (including phenoxy) is 1. The van der Waals surface area contributed by atoms with Crippen LogP contribution in [0.15, 0.2) is 0 Å². The summed E-state index contributed by atoms with van der Waals surface area (Å²) in [5, 5.41) is 0. The van der Waals surface area contributed by atoms with Crippen molar-refractivity contribution < 1.29 is 106 Å². The number of epoxide rings is 1. The first-order chi connectivity index (χ1) is 25.4. The smallest absolute Gasteiger partial charge is 0.373 e. The van der Waals surface area contributed by atoms with Gasteiger partial charge in [0, 0.05) is 19.3 Å². The van der Waals surface area contributed by atoms with E-state index in [0.717, 1.165) is 26.4 Å². The van der Waals surface area contributed by atoms with Gasteiger partial charge in [0.05, 0.1) is 19.4 Å². The Morgan fingerprint density at radius 1 is 0.534 bits per heavy atom. The van der Waals surface area contributed by atoms with Crippen molar-refractivity contribution in [3.05, 3.63) is 0 Å². The molecule has 0 saturated carbocycles. The lowest BCUT2D eigenvalue weighted by Gasteiger charge is -2.17. The van der Waals surface area contributed by atoms with Crippen LogP contribution in [0, 0.1) is 11.3 Å². The fraction of sp³-hybridized carbons (Fsp3) is 1.00. The molecule has 0 spiro atoms. The fourth-order valence-electron chi connectivity index (χ4n) is 1.54. The van der Waals surface area contributed by atoms with Gasteiger partial charge in [0.15, 0.2) is 6.17 Å². The Morgan fingerprint density at radius 3 is 0.862 bits per heavy atom. The van der Waals surface area contributed by atoms with Gasteiger partial charge in [-0.2, -0.15) is 65.9 Å². The van der Waals surface area contributed by atoms with Gasteiger partial charge in [0.2, 0.25) is 6.43 Å². The minimum absolute atomic E-state index is 0.0417. The molecule has 0 bridgehead atoms. The molecule has 0 aromatic carbocycles. The molecule has 0 N–H and O–H groups in total. The summed E-state index contributed by atoms with van der Waals surface area (Å²) in [4.78, 5) is 0. The van der Waals surface area contributed by atoms with Crippen LogP contribution in [0.1, 0.15) is 140 Å². The maximum Gasteiger partial charge on any atom is 0.559 e. The number of rotatable bonds is 8. The Bertz CT molecular complexity index is 763. The van der Waals surface area contributed by atoms with Crippen molar-refractivity contribution >= 4 is 0 Å². The molecule has 364 valence electrons. The second-order valence-corrected chi connectivity index (χ2v) is 13.0. The van der Waals surface area contributed by atoms with Gasteiger partial charge < -0.3 is 4.74 Å². The van der Waals surface area contributed by atoms with Crippen LogP contribution in [0.2, 0.25) is 0 Å². The van der Waals surface area contributed by atoms with E-state index in [1.807, 2.05) is 6.92 Å². The molecule has 1 saturated heterocycles. The second-order valence-electron chi connectivity index (χ2n) is 13.0. The molecular weight excluding hydrogens is 861 g/mol. The highest BCUT2D eigenvalue weighted by Crippen LogP contribution is 2.38. The standard InChI is InChI=1S/C5H8F4.C5H12.C4H4F6.C4H7F3.C4H8F2.C4H9F.C4H8O.C3H5F3.CF4/c1-2-3-4(6)5(7,8)9;1-5(2,3)4;1-2(3(5,6)7)4(8,9)10;1-2-3-4(5,6)7;1-2-3-4(5)6;1-2-3-4-5;1-2-4-3-5-4;1-2-3(4,5)6;2-1(3,4)5/h4H,2-3H2,1H3;1-4H3;2H,1H3;2-3H2,1H3;4H,2-3H2,1H3;2-4H2,1H3;4H,2-3H2,1H3;2H2,1H3;. The normalized spacial score (nSPS) is 14.4. The van der Waals surface area contributed by atoms with E-state index in [-0.39, 0.29) is 32.9 Å². The third-order valence-corrected chi connectivity index (χ3v) is 4.67. The van der Waals surface area contributed by atoms with Gasteiger partial charge in [0.25, 0.3) is 0 Å². The molecule has 2 atom stereocenters. The number of hydrogen-bond donors (Lipinski definition) is 0. The molecule has 1 fully saturated rings. The van der Waals surface area contributed by atoms with Crippen molar-refractivity contribution in [3.63, 3.8) is 0 Å². The lowest BCUT2D eigenvalue weighted by Crippen LogP contribution is -2.33. The van der Waals surface area contributed by atoms with Gasteiger partial charge in [-0.15, -0.1) is 17.6 Å². The van der Waals surface area contributed by atoms with Crippen LogP contribution in [-0.2, 0) is 4.74 Å². The number of unbranched alkanes of at least 4 members (excludes halogenated alkanes) is 1. The predicted molar refractivity (Wildman–Crippen MR) is 179 cm³/mol. The van der Waals surface area contributed by atoms with E-state index in [0.29, 0.717) is 17.9 Å². The van der Waals surface area contributed by atoms with Gasteiger partial charge in [-0.05, 0) is 38.0 Å². The summed E-state index contributed by atoms with van der Waals surface area (Å²) in [5.41, 5.74) is 0.500. The molecule has 1 aliphatic rings. The Kier molecular flexibility index (Phi) is 48.7. The highest BCUT2D eigenvalue weighted by molar-refractivity contribution is 4.69. The molecular formula is C34H61F23O. The Morgan fingerprint density at radius 2 is 0.845 bits per heavy atom. The highest BCUT2D eigenvalue weighted by Gasteiger charge is 2.53. The van der Waals surface area contributed by atoms with E-state index in [1.165, 1.54) is 20.3 Å². The zero-order chi connectivity index (χ0) is 49.0. The molecule has 2 unspecified atom stereocenters. The van der Waals surface area contributed by atoms with Crippen LogP contribution in [0.3, 0.4) is 0 Å². The van der Waals surface area contributed by atoms with Gasteiger partial charge in [0.1, 0.15) is 5.92 Å². The highest BCUT2D eigenvalue weighted by atomic mass is 19.5. The average molecular weight is 923 g/mol. The summed E-state index contributed by atoms with van der Waals surface area (Å²) >= 11 is 0. The fourth-order valence-corrected chi connectivity index (χ4v) is 1.54. The molecule has 0 radical (unpaired) electrons. The van der Waals surface area contributed by atoms with Crippen molar-refractivity contribution in [2.45, 2.75) is 196 Å². The summed E-state index contributed by atoms with van der Waals surface area (Å²) in [6.45, 7) is 19.6. The number of halogens is 23. The summed E-state index contributed by atoms with van der Waals surface area (Å²) in [6.07, 6.45) is -30.4. The molecule has 58 heavy (non-hydrogen) atoms. The third kappa shape index (κ3) is 117. The van der Waals surface area contributed by atoms with Crippen molar-refractivity contribution in [3.8, 4) is 0 Å². The molecule has 1 nitrogen and oxygen atoms in total. The third-order valence-electron chi connectivity index (χ3n) is 4.67. The number of alkyl halides is 23. The zero-order valence-electron chi connectivity index (χ0n) is 34.4. The Hall–Kier alpha value is -1.65. The first-order valence-electron chi connectivity index (χ1n) is 17.6. The van der Waals surface area contributed by atoms with E-state index in [9.17, 15) is 101 Å². The topological polar surface area (TPSA) is 12.5 Å². The first kappa shape index (κ1) is 73.8. The van der Waals surface area contributed by atoms with E-state index >= 15 is 0 Å². The van der Waals surface area contributed by atoms with E-state index in [4.69, 9.17) is 4.74 Å². The lowest BCUT2D eigenvalue weighted by molar-refractivity contribution is -0.278. The van der Waals surface area contributed by atoms with Crippen LogP contribution < -0.4 is 0 Å². The Balaban J connectivity index is -0.0000000818. The van der Waals surface area contributed by atoms with Gasteiger partial charge in [-0.3, -0.25) is 4.39 Å². The maximum atomic E-state index is 11.8. The minimum atomic E-state index is -5.50. The molecule has 0 aliphatic carbocycles. The van der Waals surface area contributed by atoms with Crippen molar-refractivity contribution in [2.24, 2.45) is 11.3 Å². The molecule has 1 aliphatic heterocycles. The lowest BCUT2D eigenvalue weighted by atomic mass is 10.0. The van der Waals surface area contributed by atoms with Gasteiger partial charge in [-0.1, -0.05) is 88.5 Å². The summed E-state index contributed by atoms with van der Waals surface area (Å²) < 4.78 is 255. The van der Waals surface area contributed by atoms with E-state index in [2.05, 4.69) is 34.6 Å². The molecule has 24 heteroatoms. The quantitative estimate of drug-likeness (QED) is 0.175. The van der Waals surface area contributed by atoms with Crippen molar-refractivity contribution in [2.75, 3.05) is 13.3 Å². The first-order valence-corrected chi connectivity index (χ1v) is 17.6. The van der Waals surface area contributed by atoms with Crippen molar-refractivity contribution in [1.29, 1.82) is 0 Å². The molecule has 0 aromatic rings. The summed E-state index contributed by atoms with van der Waals surface area (Å²) in [7, 11) is 0. The minimum Gasteiger partial charge on any atom is -0.373 e. The maximum absolute atomic E-state index is 11.8. The van der Waals surface area contributed by atoms with Crippen molar-refractivity contribution in [1.82, 2.24) is 0 Å². The zero-order valence-corrected chi connectivity index (χ0v) is 34.4. The van der Waals surface area contributed by atoms with Crippen LogP contribution >= 0.6 is 0 Å². The largest absolute Gasteiger partial charge is 0.559 e. The monoisotopic (exact) mass is 922 g/mol. The average Bonchev–Trinajstić information content (AvgIpc) is 3.80. The van der Waals surface area contributed by atoms with Crippen LogP contribution in [0.25, 0.3) is 0 Å². The van der Waals surface area contributed by atoms with E-state index in [1.54, 1.807) is 6.92 Å². The molecule has 0 amide bonds. The summed E-state index contributed by atoms with van der Waals surface area (Å²) in [5.74, 6) is -3.24. The molecule has 1 heterocycles.